The second-order valence-electron chi connectivity index (χ2n) is 3.53. The third-order valence-corrected chi connectivity index (χ3v) is 2.07. The van der Waals surface area contributed by atoms with Crippen LogP contribution in [0.2, 0.25) is 0 Å². The zero-order valence-corrected chi connectivity index (χ0v) is 8.75. The summed E-state index contributed by atoms with van der Waals surface area (Å²) >= 11 is 0. The average molecular weight is 181 g/mol. The van der Waals surface area contributed by atoms with Crippen molar-refractivity contribution in [2.24, 2.45) is 0 Å². The highest BCUT2D eigenvalue weighted by Crippen LogP contribution is 2.01. The summed E-state index contributed by atoms with van der Waals surface area (Å²) in [6, 6.07) is 4.26. The van der Waals surface area contributed by atoms with Gasteiger partial charge in [-0.25, -0.2) is 0 Å². The van der Waals surface area contributed by atoms with E-state index in [1.165, 1.54) is 5.69 Å². The molecule has 13 heavy (non-hydrogen) atoms. The molecule has 0 atom stereocenters. The maximum Gasteiger partial charge on any atom is 0.0356 e. The first-order chi connectivity index (χ1) is 6.24. The summed E-state index contributed by atoms with van der Waals surface area (Å²) in [5.74, 6) is 0. The van der Waals surface area contributed by atoms with E-state index in [1.807, 2.05) is 7.05 Å². The zero-order chi connectivity index (χ0) is 9.68. The van der Waals surface area contributed by atoms with Crippen molar-refractivity contribution in [3.63, 3.8) is 0 Å². The quantitative estimate of drug-likeness (QED) is 0.724. The normalized spacial score (nSPS) is 11.1. The molecule has 0 amide bonds. The van der Waals surface area contributed by atoms with Gasteiger partial charge in [-0.2, -0.15) is 0 Å². The first-order valence-corrected chi connectivity index (χ1v) is 4.67. The highest BCUT2D eigenvalue weighted by Gasteiger charge is 1.99. The van der Waals surface area contributed by atoms with Crippen molar-refractivity contribution in [3.8, 4) is 0 Å². The van der Waals surface area contributed by atoms with E-state index in [0.29, 0.717) is 0 Å². The Hall–Kier alpha value is -0.800. The van der Waals surface area contributed by atoms with Crippen molar-refractivity contribution >= 4 is 0 Å². The van der Waals surface area contributed by atoms with E-state index in [9.17, 15) is 0 Å². The Morgan fingerprint density at radius 2 is 2.23 bits per heavy atom. The summed E-state index contributed by atoms with van der Waals surface area (Å²) in [6.45, 7) is 3.10. The predicted octanol–water partition coefficient (Wildman–Crippen LogP) is 0.769. The van der Waals surface area contributed by atoms with Crippen LogP contribution in [0.4, 0.5) is 0 Å². The minimum atomic E-state index is 0.945. The molecule has 0 unspecified atom stereocenters. The lowest BCUT2D eigenvalue weighted by Gasteiger charge is -2.12. The molecule has 0 aromatic carbocycles. The summed E-state index contributed by atoms with van der Waals surface area (Å²) in [4.78, 5) is 2.20. The molecule has 0 aliphatic carbocycles. The number of nitrogens with one attached hydrogen (secondary N) is 1. The van der Waals surface area contributed by atoms with Gasteiger partial charge in [0, 0.05) is 31.5 Å². The Kier molecular flexibility index (Phi) is 3.99. The molecule has 0 bridgehead atoms. The fourth-order valence-electron chi connectivity index (χ4n) is 1.32. The lowest BCUT2D eigenvalue weighted by molar-refractivity contribution is 0.381. The van der Waals surface area contributed by atoms with Crippen LogP contribution in [-0.4, -0.2) is 37.2 Å². The van der Waals surface area contributed by atoms with Gasteiger partial charge < -0.3 is 14.8 Å². The molecule has 0 radical (unpaired) electrons. The van der Waals surface area contributed by atoms with Crippen LogP contribution in [0.1, 0.15) is 5.69 Å². The molecule has 3 nitrogen and oxygen atoms in total. The highest BCUT2D eigenvalue weighted by molar-refractivity contribution is 5.06. The van der Waals surface area contributed by atoms with Gasteiger partial charge in [-0.1, -0.05) is 0 Å². The van der Waals surface area contributed by atoms with Crippen LogP contribution in [0.3, 0.4) is 0 Å². The molecule has 1 aromatic heterocycles. The Morgan fingerprint density at radius 1 is 1.46 bits per heavy atom. The Bertz CT molecular complexity index is 240. The van der Waals surface area contributed by atoms with Crippen LogP contribution < -0.4 is 5.32 Å². The van der Waals surface area contributed by atoms with E-state index in [-0.39, 0.29) is 0 Å². The second-order valence-corrected chi connectivity index (χ2v) is 3.53. The summed E-state index contributed by atoms with van der Waals surface area (Å²) in [6.07, 6.45) is 2.14. The number of hydrogen-bond acceptors (Lipinski definition) is 2. The standard InChI is InChI=1S/C10H19N3/c1-11-9-10-5-4-6-13(10)8-7-12(2)3/h4-6,11H,7-9H2,1-3H3. The average Bonchev–Trinajstić information content (AvgIpc) is 2.49. The topological polar surface area (TPSA) is 20.2 Å². The molecule has 0 saturated carbocycles. The molecular formula is C10H19N3. The smallest absolute Gasteiger partial charge is 0.0356 e. The molecule has 1 aromatic rings. The summed E-state index contributed by atoms with van der Waals surface area (Å²) in [5, 5.41) is 3.16. The van der Waals surface area contributed by atoms with E-state index >= 15 is 0 Å². The molecule has 74 valence electrons. The summed E-state index contributed by atoms with van der Waals surface area (Å²) in [7, 11) is 6.17. The molecule has 1 N–H and O–H groups in total. The van der Waals surface area contributed by atoms with Crippen LogP contribution in [0, 0.1) is 0 Å². The fraction of sp³-hybridized carbons (Fsp3) is 0.600. The van der Waals surface area contributed by atoms with Gasteiger partial charge in [0.2, 0.25) is 0 Å². The van der Waals surface area contributed by atoms with Gasteiger partial charge >= 0.3 is 0 Å². The highest BCUT2D eigenvalue weighted by atomic mass is 15.1. The van der Waals surface area contributed by atoms with Crippen LogP contribution in [0.15, 0.2) is 18.3 Å². The Labute approximate surface area is 80.3 Å². The van der Waals surface area contributed by atoms with Crippen LogP contribution in [0.25, 0.3) is 0 Å². The van der Waals surface area contributed by atoms with Crippen molar-refractivity contribution in [2.75, 3.05) is 27.7 Å². The van der Waals surface area contributed by atoms with Crippen LogP contribution >= 0.6 is 0 Å². The molecule has 1 rings (SSSR count). The van der Waals surface area contributed by atoms with Gasteiger partial charge in [0.25, 0.3) is 0 Å². The van der Waals surface area contributed by atoms with Gasteiger partial charge in [0.15, 0.2) is 0 Å². The Morgan fingerprint density at radius 3 is 2.85 bits per heavy atom. The number of nitrogens with zero attached hydrogens (tertiary/aromatic N) is 2. The van der Waals surface area contributed by atoms with E-state index in [2.05, 4.69) is 47.2 Å². The molecule has 0 aliphatic rings. The SMILES string of the molecule is CNCc1cccn1CCN(C)C. The van der Waals surface area contributed by atoms with Crippen molar-refractivity contribution in [1.82, 2.24) is 14.8 Å². The van der Waals surface area contributed by atoms with Gasteiger partial charge in [0.1, 0.15) is 0 Å². The molecule has 1 heterocycles. The molecule has 0 saturated heterocycles. The van der Waals surface area contributed by atoms with E-state index in [0.717, 1.165) is 19.6 Å². The zero-order valence-electron chi connectivity index (χ0n) is 8.75. The minimum absolute atomic E-state index is 0.945. The lowest BCUT2D eigenvalue weighted by atomic mass is 10.4. The predicted molar refractivity (Wildman–Crippen MR) is 55.7 cm³/mol. The first kappa shape index (κ1) is 10.3. The Balaban J connectivity index is 2.49. The molecule has 0 aliphatic heterocycles. The van der Waals surface area contributed by atoms with Gasteiger partial charge in [-0.15, -0.1) is 0 Å². The molecule has 3 heteroatoms. The van der Waals surface area contributed by atoms with E-state index in [1.54, 1.807) is 0 Å². The van der Waals surface area contributed by atoms with E-state index < -0.39 is 0 Å². The maximum absolute atomic E-state index is 3.16. The third kappa shape index (κ3) is 3.20. The second kappa shape index (κ2) is 5.04. The van der Waals surface area contributed by atoms with Gasteiger partial charge in [-0.05, 0) is 33.3 Å². The molecular weight excluding hydrogens is 162 g/mol. The van der Waals surface area contributed by atoms with Crippen molar-refractivity contribution in [2.45, 2.75) is 13.1 Å². The fourth-order valence-corrected chi connectivity index (χ4v) is 1.32. The monoisotopic (exact) mass is 181 g/mol. The van der Waals surface area contributed by atoms with Crippen molar-refractivity contribution < 1.29 is 0 Å². The molecule has 0 spiro atoms. The van der Waals surface area contributed by atoms with Gasteiger partial charge in [-0.3, -0.25) is 0 Å². The first-order valence-electron chi connectivity index (χ1n) is 4.67. The minimum Gasteiger partial charge on any atom is -0.349 e. The van der Waals surface area contributed by atoms with Crippen LogP contribution in [-0.2, 0) is 13.1 Å². The number of likely N-dealkylation sites (N-methyl/N-ethyl adjacent to an activating group) is 1. The third-order valence-electron chi connectivity index (χ3n) is 2.07. The number of hydrogen-bond donors (Lipinski definition) is 1. The number of aromatic nitrogens is 1. The number of rotatable bonds is 5. The van der Waals surface area contributed by atoms with Gasteiger partial charge in [0.05, 0.1) is 0 Å². The largest absolute Gasteiger partial charge is 0.349 e. The maximum atomic E-state index is 3.16. The molecule has 0 fully saturated rings. The summed E-state index contributed by atoms with van der Waals surface area (Å²) in [5.41, 5.74) is 1.35. The van der Waals surface area contributed by atoms with Crippen molar-refractivity contribution in [3.05, 3.63) is 24.0 Å². The van der Waals surface area contributed by atoms with E-state index in [4.69, 9.17) is 0 Å². The summed E-state index contributed by atoms with van der Waals surface area (Å²) < 4.78 is 2.29. The van der Waals surface area contributed by atoms with Crippen molar-refractivity contribution in [1.29, 1.82) is 0 Å². The lowest BCUT2D eigenvalue weighted by Crippen LogP contribution is -2.20. The van der Waals surface area contributed by atoms with Crippen LogP contribution in [0.5, 0.6) is 0 Å².